The number of hydrogen-bond donors (Lipinski definition) is 2. The smallest absolute Gasteiger partial charge is 0.0698 e. The molecule has 1 rings (SSSR count). The molecule has 4 nitrogen and oxygen atoms in total. The Labute approximate surface area is 86.0 Å². The van der Waals surface area contributed by atoms with Gasteiger partial charge in [-0.15, -0.1) is 0 Å². The van der Waals surface area contributed by atoms with Crippen LogP contribution in [-0.4, -0.2) is 55.5 Å². The second kappa shape index (κ2) is 6.35. The third-order valence-electron chi connectivity index (χ3n) is 2.85. The summed E-state index contributed by atoms with van der Waals surface area (Å²) in [5, 5.41) is 9.33. The molecule has 0 aromatic carbocycles. The van der Waals surface area contributed by atoms with E-state index in [1.165, 1.54) is 6.42 Å². The monoisotopic (exact) mass is 202 g/mol. The van der Waals surface area contributed by atoms with Gasteiger partial charge in [-0.2, -0.15) is 0 Å². The molecule has 4 heteroatoms. The maximum absolute atomic E-state index is 9.33. The van der Waals surface area contributed by atoms with E-state index in [-0.39, 0.29) is 6.10 Å². The summed E-state index contributed by atoms with van der Waals surface area (Å²) in [7, 11) is 1.77. The summed E-state index contributed by atoms with van der Waals surface area (Å²) >= 11 is 0. The maximum Gasteiger partial charge on any atom is 0.0698 e. The van der Waals surface area contributed by atoms with E-state index in [4.69, 9.17) is 10.5 Å². The van der Waals surface area contributed by atoms with Gasteiger partial charge < -0.3 is 20.5 Å². The molecule has 2 unspecified atom stereocenters. The molecule has 1 fully saturated rings. The van der Waals surface area contributed by atoms with Crippen molar-refractivity contribution in [3.63, 3.8) is 0 Å². The zero-order valence-corrected chi connectivity index (χ0v) is 8.98. The van der Waals surface area contributed by atoms with Crippen molar-refractivity contribution in [1.82, 2.24) is 4.90 Å². The van der Waals surface area contributed by atoms with Gasteiger partial charge in [0.15, 0.2) is 0 Å². The average molecular weight is 202 g/mol. The van der Waals surface area contributed by atoms with Crippen molar-refractivity contribution in [2.24, 2.45) is 5.73 Å². The fourth-order valence-corrected chi connectivity index (χ4v) is 1.86. The van der Waals surface area contributed by atoms with Crippen LogP contribution >= 0.6 is 0 Å². The van der Waals surface area contributed by atoms with Crippen molar-refractivity contribution < 1.29 is 9.84 Å². The molecular formula is C10H22N2O2. The average Bonchev–Trinajstić information content (AvgIpc) is 2.26. The van der Waals surface area contributed by atoms with Gasteiger partial charge in [-0.1, -0.05) is 0 Å². The van der Waals surface area contributed by atoms with Crippen LogP contribution in [0.5, 0.6) is 0 Å². The highest BCUT2D eigenvalue weighted by Crippen LogP contribution is 2.12. The number of hydrogen-bond acceptors (Lipinski definition) is 4. The van der Waals surface area contributed by atoms with Gasteiger partial charge in [-0.25, -0.2) is 0 Å². The van der Waals surface area contributed by atoms with Gasteiger partial charge in [-0.05, 0) is 25.8 Å². The molecule has 84 valence electrons. The summed E-state index contributed by atoms with van der Waals surface area (Å²) in [6.07, 6.45) is 3.15. The molecule has 1 aliphatic rings. The second-order valence-electron chi connectivity index (χ2n) is 3.98. The number of aliphatic hydroxyl groups excluding tert-OH is 1. The van der Waals surface area contributed by atoms with Crippen molar-refractivity contribution in [2.75, 3.05) is 33.3 Å². The normalized spacial score (nSPS) is 26.4. The van der Waals surface area contributed by atoms with Gasteiger partial charge in [0, 0.05) is 26.7 Å². The highest BCUT2D eigenvalue weighted by Gasteiger charge is 2.19. The lowest BCUT2D eigenvalue weighted by Gasteiger charge is -2.32. The third-order valence-corrected chi connectivity index (χ3v) is 2.85. The first-order valence-electron chi connectivity index (χ1n) is 5.39. The van der Waals surface area contributed by atoms with Crippen LogP contribution in [0.3, 0.4) is 0 Å². The number of ether oxygens (including phenoxy) is 1. The standard InChI is InChI=1S/C10H22N2O2/c1-14-10-3-2-5-12(8-10)6-4-9(13)7-11/h9-10,13H,2-8,11H2,1H3. The van der Waals surface area contributed by atoms with Crippen LogP contribution in [0.25, 0.3) is 0 Å². The molecule has 1 heterocycles. The Hall–Kier alpha value is -0.160. The Bertz CT molecular complexity index is 155. The Morgan fingerprint density at radius 3 is 3.07 bits per heavy atom. The van der Waals surface area contributed by atoms with E-state index in [0.717, 1.165) is 32.5 Å². The van der Waals surface area contributed by atoms with Gasteiger partial charge in [0.1, 0.15) is 0 Å². The van der Waals surface area contributed by atoms with Crippen LogP contribution in [0.1, 0.15) is 19.3 Å². The summed E-state index contributed by atoms with van der Waals surface area (Å²) < 4.78 is 5.33. The molecule has 14 heavy (non-hydrogen) atoms. The van der Waals surface area contributed by atoms with E-state index < -0.39 is 0 Å². The van der Waals surface area contributed by atoms with Crippen LogP contribution in [0, 0.1) is 0 Å². The van der Waals surface area contributed by atoms with Crippen molar-refractivity contribution in [1.29, 1.82) is 0 Å². The molecule has 2 atom stereocenters. The molecule has 0 aromatic heterocycles. The lowest BCUT2D eigenvalue weighted by molar-refractivity contribution is 0.0261. The summed E-state index contributed by atoms with van der Waals surface area (Å²) in [5.41, 5.74) is 5.35. The number of methoxy groups -OCH3 is 1. The number of aliphatic hydroxyl groups is 1. The highest BCUT2D eigenvalue weighted by molar-refractivity contribution is 4.73. The lowest BCUT2D eigenvalue weighted by Crippen LogP contribution is -2.40. The SMILES string of the molecule is COC1CCCN(CCC(O)CN)C1. The van der Waals surface area contributed by atoms with Crippen LogP contribution in [0.2, 0.25) is 0 Å². The fourth-order valence-electron chi connectivity index (χ4n) is 1.86. The molecular weight excluding hydrogens is 180 g/mol. The second-order valence-corrected chi connectivity index (χ2v) is 3.98. The molecule has 0 amide bonds. The number of piperidine rings is 1. The van der Waals surface area contributed by atoms with Crippen molar-refractivity contribution in [3.8, 4) is 0 Å². The first-order valence-corrected chi connectivity index (χ1v) is 5.39. The van der Waals surface area contributed by atoms with Crippen LogP contribution in [0.15, 0.2) is 0 Å². The summed E-state index contributed by atoms with van der Waals surface area (Å²) in [5.74, 6) is 0. The molecule has 1 saturated heterocycles. The number of nitrogens with zero attached hydrogens (tertiary/aromatic N) is 1. The van der Waals surface area contributed by atoms with Crippen molar-refractivity contribution in [2.45, 2.75) is 31.5 Å². The van der Waals surface area contributed by atoms with E-state index in [1.54, 1.807) is 7.11 Å². The Morgan fingerprint density at radius 1 is 1.64 bits per heavy atom. The van der Waals surface area contributed by atoms with Crippen LogP contribution in [-0.2, 0) is 4.74 Å². The maximum atomic E-state index is 9.33. The van der Waals surface area contributed by atoms with Crippen LogP contribution in [0.4, 0.5) is 0 Å². The van der Waals surface area contributed by atoms with E-state index in [2.05, 4.69) is 4.90 Å². The van der Waals surface area contributed by atoms with Crippen LogP contribution < -0.4 is 5.73 Å². The first kappa shape index (κ1) is 11.9. The molecule has 0 bridgehead atoms. The van der Waals surface area contributed by atoms with Gasteiger partial charge in [0.2, 0.25) is 0 Å². The molecule has 1 aliphatic heterocycles. The quantitative estimate of drug-likeness (QED) is 0.648. The lowest BCUT2D eigenvalue weighted by atomic mass is 10.1. The van der Waals surface area contributed by atoms with E-state index >= 15 is 0 Å². The Kier molecular flexibility index (Phi) is 5.40. The molecule has 0 aliphatic carbocycles. The largest absolute Gasteiger partial charge is 0.392 e. The zero-order valence-electron chi connectivity index (χ0n) is 8.98. The van der Waals surface area contributed by atoms with Gasteiger partial charge in [0.05, 0.1) is 12.2 Å². The number of rotatable bonds is 5. The number of nitrogens with two attached hydrogens (primary N) is 1. The summed E-state index contributed by atoms with van der Waals surface area (Å²) in [4.78, 5) is 2.34. The minimum Gasteiger partial charge on any atom is -0.392 e. The van der Waals surface area contributed by atoms with Gasteiger partial charge in [0.25, 0.3) is 0 Å². The minimum atomic E-state index is -0.349. The summed E-state index contributed by atoms with van der Waals surface area (Å²) in [6, 6.07) is 0. The molecule has 0 spiro atoms. The molecule has 0 saturated carbocycles. The topological polar surface area (TPSA) is 58.7 Å². The predicted molar refractivity (Wildman–Crippen MR) is 56.1 cm³/mol. The van der Waals surface area contributed by atoms with Gasteiger partial charge >= 0.3 is 0 Å². The van der Waals surface area contributed by atoms with Gasteiger partial charge in [-0.3, -0.25) is 0 Å². The highest BCUT2D eigenvalue weighted by atomic mass is 16.5. The minimum absolute atomic E-state index is 0.349. The van der Waals surface area contributed by atoms with E-state index in [9.17, 15) is 5.11 Å². The Balaban J connectivity index is 2.17. The predicted octanol–water partition coefficient (Wildman–Crippen LogP) is -0.193. The molecule has 0 radical (unpaired) electrons. The van der Waals surface area contributed by atoms with Crippen molar-refractivity contribution >= 4 is 0 Å². The molecule has 0 aromatic rings. The van der Waals surface area contributed by atoms with Crippen molar-refractivity contribution in [3.05, 3.63) is 0 Å². The first-order chi connectivity index (χ1) is 6.76. The number of likely N-dealkylation sites (tertiary alicyclic amines) is 1. The van der Waals surface area contributed by atoms with E-state index in [0.29, 0.717) is 12.6 Å². The molecule has 3 N–H and O–H groups in total. The third kappa shape index (κ3) is 3.92. The Morgan fingerprint density at radius 2 is 2.43 bits per heavy atom. The van der Waals surface area contributed by atoms with E-state index in [1.807, 2.05) is 0 Å². The zero-order chi connectivity index (χ0) is 10.4. The summed E-state index contributed by atoms with van der Waals surface area (Å²) in [6.45, 7) is 3.41. The fraction of sp³-hybridized carbons (Fsp3) is 1.00.